The molecule has 8 heteroatoms. The van der Waals surface area contributed by atoms with Gasteiger partial charge in [-0.1, -0.05) is 46.7 Å². The van der Waals surface area contributed by atoms with Crippen molar-refractivity contribution in [3.8, 4) is 0 Å². The number of nitrogens with one attached hydrogen (secondary N) is 2. The van der Waals surface area contributed by atoms with Crippen LogP contribution in [-0.4, -0.2) is 17.1 Å². The summed E-state index contributed by atoms with van der Waals surface area (Å²) in [6.45, 7) is 0. The first-order chi connectivity index (χ1) is 11.1. The summed E-state index contributed by atoms with van der Waals surface area (Å²) in [6.07, 6.45) is 1.93. The van der Waals surface area contributed by atoms with E-state index in [0.717, 1.165) is 9.60 Å². The minimum absolute atomic E-state index is 0.230. The molecule has 0 unspecified atom stereocenters. The highest BCUT2D eigenvalue weighted by Gasteiger charge is 2.13. The molecule has 2 aromatic carbocycles. The van der Waals surface area contributed by atoms with Crippen LogP contribution in [0.15, 0.2) is 41.3 Å². The van der Waals surface area contributed by atoms with Gasteiger partial charge in [-0.25, -0.2) is 4.98 Å². The molecule has 0 atom stereocenters. The molecule has 0 saturated heterocycles. The molecule has 2 N–H and O–H groups in total. The van der Waals surface area contributed by atoms with E-state index in [2.05, 4.69) is 15.8 Å². The molecule has 0 spiro atoms. The minimum atomic E-state index is -0.230. The highest BCUT2D eigenvalue weighted by molar-refractivity contribution is 7.98. The van der Waals surface area contributed by atoms with Crippen molar-refractivity contribution in [2.75, 3.05) is 11.7 Å². The fourth-order valence-corrected chi connectivity index (χ4v) is 3.98. The predicted molar refractivity (Wildman–Crippen MR) is 99.0 cm³/mol. The van der Waals surface area contributed by atoms with E-state index in [4.69, 9.17) is 23.2 Å². The molecule has 0 saturated carbocycles. The van der Waals surface area contributed by atoms with Crippen LogP contribution in [0.25, 0.3) is 10.2 Å². The lowest BCUT2D eigenvalue weighted by Gasteiger charge is -2.08. The van der Waals surface area contributed by atoms with E-state index in [9.17, 15) is 4.79 Å². The predicted octanol–water partition coefficient (Wildman–Crippen LogP) is 5.08. The molecule has 0 aliphatic carbocycles. The summed E-state index contributed by atoms with van der Waals surface area (Å²) >= 11 is 15.1. The van der Waals surface area contributed by atoms with E-state index in [0.29, 0.717) is 26.3 Å². The molecule has 1 amide bonds. The molecule has 1 heterocycles. The molecular weight excluding hydrogens is 373 g/mol. The summed E-state index contributed by atoms with van der Waals surface area (Å²) in [7, 11) is 0. The van der Waals surface area contributed by atoms with Crippen LogP contribution < -0.4 is 10.9 Å². The van der Waals surface area contributed by atoms with Gasteiger partial charge >= 0.3 is 0 Å². The van der Waals surface area contributed by atoms with Gasteiger partial charge in [-0.3, -0.25) is 15.6 Å². The quantitative estimate of drug-likeness (QED) is 0.487. The average Bonchev–Trinajstić information content (AvgIpc) is 3.01. The summed E-state index contributed by atoms with van der Waals surface area (Å²) in [5.41, 5.74) is 6.69. The maximum absolute atomic E-state index is 12.3. The van der Waals surface area contributed by atoms with E-state index in [1.807, 2.05) is 24.5 Å². The first-order valence-electron chi connectivity index (χ1n) is 6.54. The van der Waals surface area contributed by atoms with E-state index in [1.54, 1.807) is 18.2 Å². The zero-order valence-electron chi connectivity index (χ0n) is 11.9. The number of hydrazine groups is 1. The molecule has 4 nitrogen and oxygen atoms in total. The van der Waals surface area contributed by atoms with Crippen molar-refractivity contribution in [3.05, 3.63) is 52.0 Å². The molecule has 0 fully saturated rings. The Morgan fingerprint density at radius 3 is 2.65 bits per heavy atom. The summed E-state index contributed by atoms with van der Waals surface area (Å²) < 4.78 is 0.778. The summed E-state index contributed by atoms with van der Waals surface area (Å²) in [6, 6.07) is 10.8. The molecule has 3 rings (SSSR count). The summed E-state index contributed by atoms with van der Waals surface area (Å²) in [4.78, 5) is 17.5. The number of thiazole rings is 1. The second-order valence-electron chi connectivity index (χ2n) is 4.51. The topological polar surface area (TPSA) is 54.0 Å². The number of hydrogen-bond acceptors (Lipinski definition) is 5. The fourth-order valence-electron chi connectivity index (χ4n) is 2.01. The summed E-state index contributed by atoms with van der Waals surface area (Å²) in [5.74, 6) is -0.230. The molecule has 23 heavy (non-hydrogen) atoms. The van der Waals surface area contributed by atoms with Gasteiger partial charge in [0.05, 0.1) is 20.3 Å². The van der Waals surface area contributed by atoms with Crippen molar-refractivity contribution in [1.29, 1.82) is 0 Å². The number of nitrogens with zero attached hydrogens (tertiary/aromatic N) is 1. The van der Waals surface area contributed by atoms with Crippen molar-refractivity contribution < 1.29 is 4.79 Å². The van der Waals surface area contributed by atoms with Crippen molar-refractivity contribution >= 4 is 67.6 Å². The van der Waals surface area contributed by atoms with E-state index < -0.39 is 0 Å². The standard InChI is InChI=1S/C15H11Cl2N3OS2/c1-22-11-5-3-2-4-8(11)14(21)19-20-15-18-12-9(16)6-7-10(17)13(12)23-15/h2-7H,1H3,(H,18,20)(H,19,21). The molecular formula is C15H11Cl2N3OS2. The van der Waals surface area contributed by atoms with Gasteiger partial charge in [0.15, 0.2) is 0 Å². The maximum atomic E-state index is 12.3. The van der Waals surface area contributed by atoms with Gasteiger partial charge in [0, 0.05) is 4.90 Å². The van der Waals surface area contributed by atoms with E-state index in [1.165, 1.54) is 23.1 Å². The number of anilines is 1. The Kier molecular flexibility index (Phi) is 4.96. The molecule has 1 aromatic heterocycles. The Morgan fingerprint density at radius 2 is 1.91 bits per heavy atom. The Labute approximate surface area is 151 Å². The van der Waals surface area contributed by atoms with Gasteiger partial charge in [-0.2, -0.15) is 0 Å². The number of aromatic nitrogens is 1. The number of hydrogen-bond donors (Lipinski definition) is 2. The van der Waals surface area contributed by atoms with Crippen LogP contribution in [-0.2, 0) is 0 Å². The monoisotopic (exact) mass is 383 g/mol. The zero-order chi connectivity index (χ0) is 16.4. The molecule has 3 aromatic rings. The lowest BCUT2D eigenvalue weighted by Crippen LogP contribution is -2.29. The highest BCUT2D eigenvalue weighted by Crippen LogP contribution is 2.35. The average molecular weight is 384 g/mol. The third kappa shape index (κ3) is 3.40. The lowest BCUT2D eigenvalue weighted by molar-refractivity contribution is 0.0960. The third-order valence-corrected chi connectivity index (χ3v) is 5.61. The largest absolute Gasteiger partial charge is 0.273 e. The lowest BCUT2D eigenvalue weighted by atomic mass is 10.2. The number of carbonyl (C=O) groups is 1. The smallest absolute Gasteiger partial charge is 0.270 e. The van der Waals surface area contributed by atoms with Crippen LogP contribution in [0.2, 0.25) is 10.0 Å². The van der Waals surface area contributed by atoms with Gasteiger partial charge in [0.2, 0.25) is 5.13 Å². The first-order valence-corrected chi connectivity index (χ1v) is 9.34. The van der Waals surface area contributed by atoms with Crippen LogP contribution in [0.5, 0.6) is 0 Å². The molecule has 0 aliphatic heterocycles. The Balaban J connectivity index is 1.79. The number of fused-ring (bicyclic) bond motifs is 1. The maximum Gasteiger partial charge on any atom is 0.270 e. The van der Waals surface area contributed by atoms with Crippen LogP contribution >= 0.6 is 46.3 Å². The van der Waals surface area contributed by atoms with Crippen LogP contribution in [0.1, 0.15) is 10.4 Å². The Morgan fingerprint density at radius 1 is 1.17 bits per heavy atom. The highest BCUT2D eigenvalue weighted by atomic mass is 35.5. The fraction of sp³-hybridized carbons (Fsp3) is 0.0667. The number of halogens is 2. The van der Waals surface area contributed by atoms with Crippen molar-refractivity contribution in [3.63, 3.8) is 0 Å². The van der Waals surface area contributed by atoms with E-state index in [-0.39, 0.29) is 5.91 Å². The minimum Gasteiger partial charge on any atom is -0.273 e. The molecule has 0 aliphatic rings. The van der Waals surface area contributed by atoms with Gasteiger partial charge in [0.25, 0.3) is 5.91 Å². The van der Waals surface area contributed by atoms with E-state index >= 15 is 0 Å². The van der Waals surface area contributed by atoms with Crippen molar-refractivity contribution in [2.24, 2.45) is 0 Å². The van der Waals surface area contributed by atoms with Gasteiger partial charge in [-0.05, 0) is 30.5 Å². The first kappa shape index (κ1) is 16.4. The van der Waals surface area contributed by atoms with Crippen LogP contribution in [0.4, 0.5) is 5.13 Å². The summed E-state index contributed by atoms with van der Waals surface area (Å²) in [5, 5.41) is 1.62. The van der Waals surface area contributed by atoms with Crippen molar-refractivity contribution in [2.45, 2.75) is 4.90 Å². The number of carbonyl (C=O) groups excluding carboxylic acids is 1. The normalized spacial score (nSPS) is 10.7. The molecule has 0 radical (unpaired) electrons. The number of benzene rings is 2. The van der Waals surface area contributed by atoms with Crippen molar-refractivity contribution in [1.82, 2.24) is 10.4 Å². The number of rotatable bonds is 4. The SMILES string of the molecule is CSc1ccccc1C(=O)NNc1nc2c(Cl)ccc(Cl)c2s1. The molecule has 0 bridgehead atoms. The number of thioether (sulfide) groups is 1. The van der Waals surface area contributed by atoms with Crippen LogP contribution in [0.3, 0.4) is 0 Å². The van der Waals surface area contributed by atoms with Gasteiger partial charge < -0.3 is 0 Å². The second kappa shape index (κ2) is 6.97. The number of amides is 1. The van der Waals surface area contributed by atoms with Gasteiger partial charge in [0.1, 0.15) is 5.52 Å². The second-order valence-corrected chi connectivity index (χ2v) is 7.17. The van der Waals surface area contributed by atoms with Gasteiger partial charge in [-0.15, -0.1) is 11.8 Å². The van der Waals surface area contributed by atoms with Crippen LogP contribution in [0, 0.1) is 0 Å². The Hall–Kier alpha value is -1.47. The zero-order valence-corrected chi connectivity index (χ0v) is 15.0. The molecule has 118 valence electrons. The third-order valence-electron chi connectivity index (χ3n) is 3.08. The Bertz CT molecular complexity index is 843.